The molecule has 4 heterocycles. The molecule has 0 bridgehead atoms. The van der Waals surface area contributed by atoms with E-state index in [0.717, 1.165) is 80.5 Å². The van der Waals surface area contributed by atoms with Gasteiger partial charge in [0.25, 0.3) is 5.91 Å². The van der Waals surface area contributed by atoms with Gasteiger partial charge in [-0.3, -0.25) is 9.69 Å². The van der Waals surface area contributed by atoms with E-state index in [4.69, 9.17) is 0 Å². The van der Waals surface area contributed by atoms with Crippen molar-refractivity contribution in [3.63, 3.8) is 0 Å². The van der Waals surface area contributed by atoms with Crippen LogP contribution < -0.4 is 5.32 Å². The monoisotopic (exact) mass is 617 g/mol. The number of hydrogen-bond donors (Lipinski definition) is 1. The van der Waals surface area contributed by atoms with E-state index < -0.39 is 33.2 Å². The molecule has 222 valence electrons. The number of fused-ring (bicyclic) bond motifs is 2. The van der Waals surface area contributed by atoms with Crippen LogP contribution in [0.2, 0.25) is 0 Å². The molecule has 0 unspecified atom stereocenters. The summed E-state index contributed by atoms with van der Waals surface area (Å²) in [5.74, 6) is -0.347. The number of likely N-dealkylation sites (N-methyl/N-ethyl adjacent to an activating group) is 1. The van der Waals surface area contributed by atoms with Gasteiger partial charge in [-0.15, -0.1) is 11.3 Å². The minimum atomic E-state index is -4.78. The third-order valence-corrected chi connectivity index (χ3v) is 11.5. The van der Waals surface area contributed by atoms with Gasteiger partial charge in [0.15, 0.2) is 9.84 Å². The third kappa shape index (κ3) is 5.09. The number of rotatable bonds is 6. The Bertz CT molecular complexity index is 1700. The van der Waals surface area contributed by atoms with Crippen LogP contribution in [0.15, 0.2) is 29.3 Å². The number of sulfone groups is 1. The maximum absolute atomic E-state index is 14.2. The number of carbonyl (C=O) groups excluding carboxylic acids is 1. The Kier molecular flexibility index (Phi) is 6.63. The molecule has 1 aromatic carbocycles. The molecule has 2 aromatic heterocycles. The van der Waals surface area contributed by atoms with Crippen molar-refractivity contribution >= 4 is 38.7 Å². The van der Waals surface area contributed by atoms with Crippen molar-refractivity contribution < 1.29 is 26.4 Å². The Labute approximate surface area is 245 Å². The van der Waals surface area contributed by atoms with Crippen molar-refractivity contribution in [1.29, 1.82) is 0 Å². The van der Waals surface area contributed by atoms with E-state index in [2.05, 4.69) is 39.2 Å². The molecule has 0 radical (unpaired) electrons. The zero-order valence-corrected chi connectivity index (χ0v) is 24.6. The Morgan fingerprint density at radius 1 is 1.10 bits per heavy atom. The topological polar surface area (TPSA) is 95.5 Å². The first-order valence-corrected chi connectivity index (χ1v) is 16.8. The summed E-state index contributed by atoms with van der Waals surface area (Å²) in [7, 11) is -3.86. The van der Waals surface area contributed by atoms with Crippen LogP contribution in [0.25, 0.3) is 10.6 Å². The summed E-state index contributed by atoms with van der Waals surface area (Å²) in [6, 6.07) is 5.44. The van der Waals surface area contributed by atoms with Crippen molar-refractivity contribution in [3.05, 3.63) is 51.5 Å². The number of amides is 1. The van der Waals surface area contributed by atoms with E-state index in [1.807, 2.05) is 0 Å². The molecule has 13 heteroatoms. The molecule has 3 aromatic rings. The van der Waals surface area contributed by atoms with E-state index in [-0.39, 0.29) is 38.9 Å². The highest BCUT2D eigenvalue weighted by molar-refractivity contribution is 7.91. The van der Waals surface area contributed by atoms with Crippen LogP contribution in [-0.4, -0.2) is 65.5 Å². The third-order valence-electron chi connectivity index (χ3n) is 8.58. The fourth-order valence-electron chi connectivity index (χ4n) is 5.92. The molecule has 2 aliphatic carbocycles. The van der Waals surface area contributed by atoms with Crippen LogP contribution in [0, 0.1) is 0 Å². The number of nitrogens with zero attached hydrogens (tertiary/aromatic N) is 4. The lowest BCUT2D eigenvalue weighted by Gasteiger charge is -2.29. The molecule has 2 aliphatic heterocycles. The second kappa shape index (κ2) is 10.0. The maximum Gasteiger partial charge on any atom is 0.420 e. The number of hydrogen-bond acceptors (Lipinski definition) is 8. The lowest BCUT2D eigenvalue weighted by Crippen LogP contribution is -2.34. The van der Waals surface area contributed by atoms with Crippen molar-refractivity contribution in [2.24, 2.45) is 0 Å². The van der Waals surface area contributed by atoms with E-state index in [0.29, 0.717) is 5.92 Å². The summed E-state index contributed by atoms with van der Waals surface area (Å²) in [6.45, 7) is 5.00. The van der Waals surface area contributed by atoms with Crippen LogP contribution >= 0.6 is 11.3 Å². The molecule has 0 atom stereocenters. The highest BCUT2D eigenvalue weighted by atomic mass is 32.2. The average Bonchev–Trinajstić information content (AvgIpc) is 3.89. The Balaban J connectivity index is 1.29. The number of thiophene rings is 1. The lowest BCUT2D eigenvalue weighted by atomic mass is 9.94. The first kappa shape index (κ1) is 27.8. The second-order valence-electron chi connectivity index (χ2n) is 11.5. The molecule has 0 saturated heterocycles. The molecule has 1 amide bonds. The fraction of sp³-hybridized carbons (Fsp3) is 0.483. The van der Waals surface area contributed by atoms with E-state index >= 15 is 0 Å². The lowest BCUT2D eigenvalue weighted by molar-refractivity contribution is -0.137. The van der Waals surface area contributed by atoms with Gasteiger partial charge >= 0.3 is 6.18 Å². The zero-order valence-electron chi connectivity index (χ0n) is 23.0. The van der Waals surface area contributed by atoms with Crippen LogP contribution in [0.1, 0.15) is 70.5 Å². The smallest absolute Gasteiger partial charge is 0.334 e. The SMILES string of the molecule is CCN1CCc2cc(Nc3ncc(C(F)(F)F)c(-c4cc5c(s4)C(=O)N(C4CC4)CCS5(=O)=O)n3)c(C3CC3)cc2C1. The van der Waals surface area contributed by atoms with E-state index in [9.17, 15) is 26.4 Å². The van der Waals surface area contributed by atoms with Gasteiger partial charge in [-0.1, -0.05) is 13.0 Å². The summed E-state index contributed by atoms with van der Waals surface area (Å²) in [6.07, 6.45) is 0.506. The molecular weight excluding hydrogens is 587 g/mol. The highest BCUT2D eigenvalue weighted by Gasteiger charge is 2.42. The molecule has 8 nitrogen and oxygen atoms in total. The summed E-state index contributed by atoms with van der Waals surface area (Å²) in [5.41, 5.74) is 2.84. The van der Waals surface area contributed by atoms with Gasteiger partial charge in [0.05, 0.1) is 21.2 Å². The number of halogens is 3. The number of benzene rings is 1. The number of nitrogens with one attached hydrogen (secondary N) is 1. The van der Waals surface area contributed by atoms with Crippen LogP contribution in [-0.2, 0) is 29.0 Å². The Hall–Kier alpha value is -3.03. The summed E-state index contributed by atoms with van der Waals surface area (Å²) in [4.78, 5) is 25.3. The van der Waals surface area contributed by atoms with Crippen molar-refractivity contribution in [1.82, 2.24) is 19.8 Å². The largest absolute Gasteiger partial charge is 0.420 e. The van der Waals surface area contributed by atoms with Gasteiger partial charge in [0, 0.05) is 37.6 Å². The van der Waals surface area contributed by atoms with E-state index in [1.54, 1.807) is 0 Å². The van der Waals surface area contributed by atoms with E-state index in [1.165, 1.54) is 22.1 Å². The van der Waals surface area contributed by atoms with Gasteiger partial charge in [-0.05, 0) is 73.4 Å². The first-order valence-electron chi connectivity index (χ1n) is 14.3. The number of carbonyl (C=O) groups is 1. The highest BCUT2D eigenvalue weighted by Crippen LogP contribution is 2.46. The summed E-state index contributed by atoms with van der Waals surface area (Å²) < 4.78 is 68.7. The molecule has 2 saturated carbocycles. The molecule has 4 aliphatic rings. The quantitative estimate of drug-likeness (QED) is 0.384. The average molecular weight is 618 g/mol. The second-order valence-corrected chi connectivity index (χ2v) is 14.7. The molecular formula is C29H30F3N5O3S2. The predicted molar refractivity (Wildman–Crippen MR) is 153 cm³/mol. The van der Waals surface area contributed by atoms with Gasteiger partial charge in [-0.2, -0.15) is 13.2 Å². The minimum absolute atomic E-state index is 0.0109. The molecule has 7 rings (SSSR count). The normalized spacial score (nSPS) is 20.7. The van der Waals surface area contributed by atoms with Gasteiger partial charge in [0.1, 0.15) is 10.4 Å². The van der Waals surface area contributed by atoms with Crippen LogP contribution in [0.3, 0.4) is 0 Å². The van der Waals surface area contributed by atoms with Crippen molar-refractivity contribution in [2.45, 2.75) is 68.6 Å². The fourth-order valence-corrected chi connectivity index (χ4v) is 8.84. The van der Waals surface area contributed by atoms with Crippen molar-refractivity contribution in [2.75, 3.05) is 30.7 Å². The maximum atomic E-state index is 14.2. The molecule has 1 N–H and O–H groups in total. The number of alkyl halides is 3. The number of anilines is 2. The predicted octanol–water partition coefficient (Wildman–Crippen LogP) is 5.61. The minimum Gasteiger partial charge on any atom is -0.334 e. The zero-order chi connectivity index (χ0) is 29.4. The van der Waals surface area contributed by atoms with Crippen LogP contribution in [0.4, 0.5) is 24.8 Å². The molecule has 42 heavy (non-hydrogen) atoms. The Morgan fingerprint density at radius 3 is 2.57 bits per heavy atom. The van der Waals surface area contributed by atoms with Crippen molar-refractivity contribution in [3.8, 4) is 10.6 Å². The first-order chi connectivity index (χ1) is 20.0. The molecule has 2 fully saturated rings. The summed E-state index contributed by atoms with van der Waals surface area (Å²) >= 11 is 0.752. The molecule has 0 spiro atoms. The number of aromatic nitrogens is 2. The van der Waals surface area contributed by atoms with Gasteiger partial charge in [-0.25, -0.2) is 18.4 Å². The summed E-state index contributed by atoms with van der Waals surface area (Å²) in [5, 5.41) is 3.19. The Morgan fingerprint density at radius 2 is 1.88 bits per heavy atom. The van der Waals surface area contributed by atoms with Crippen LogP contribution in [0.5, 0.6) is 0 Å². The van der Waals surface area contributed by atoms with Gasteiger partial charge in [0.2, 0.25) is 5.95 Å². The standard InChI is InChI=1S/C29H30F3N5O3S2/c1-2-36-8-7-17-12-22(20(16-3-4-16)11-18(17)15-36)34-28-33-14-21(29(30,31)32)25(35-28)23-13-24-26(41-23)27(38)37(19-5-6-19)9-10-42(24,39)40/h11-14,16,19H,2-10,15H2,1H3,(H,33,34,35). The van der Waals surface area contributed by atoms with Gasteiger partial charge < -0.3 is 10.2 Å².